The summed E-state index contributed by atoms with van der Waals surface area (Å²) in [7, 11) is 0. The van der Waals surface area contributed by atoms with Gasteiger partial charge in [0.2, 0.25) is 0 Å². The lowest BCUT2D eigenvalue weighted by atomic mass is 10.2. The second-order valence-electron chi connectivity index (χ2n) is 4.13. The van der Waals surface area contributed by atoms with Gasteiger partial charge in [-0.1, -0.05) is 23.2 Å². The molecule has 1 aromatic heterocycles. The van der Waals surface area contributed by atoms with Gasteiger partial charge in [-0.15, -0.1) is 0 Å². The lowest BCUT2D eigenvalue weighted by Crippen LogP contribution is -2.05. The van der Waals surface area contributed by atoms with Crippen molar-refractivity contribution in [2.45, 2.75) is 6.92 Å². The average Bonchev–Trinajstić information content (AvgIpc) is 2.45. The highest BCUT2D eigenvalue weighted by Gasteiger charge is 2.08. The molecule has 21 heavy (non-hydrogen) atoms. The van der Waals surface area contributed by atoms with E-state index in [-0.39, 0.29) is 0 Å². The highest BCUT2D eigenvalue weighted by atomic mass is 35.5. The molecule has 0 saturated carbocycles. The minimum absolute atomic E-state index is 0.321. The van der Waals surface area contributed by atoms with E-state index < -0.39 is 5.97 Å². The van der Waals surface area contributed by atoms with Crippen LogP contribution in [0.15, 0.2) is 30.5 Å². The number of anilines is 3. The van der Waals surface area contributed by atoms with Crippen molar-refractivity contribution in [3.8, 4) is 0 Å². The molecule has 0 unspecified atom stereocenters. The highest BCUT2D eigenvalue weighted by Crippen LogP contribution is 2.32. The molecule has 1 heterocycles. The predicted molar refractivity (Wildman–Crippen MR) is 84.4 cm³/mol. The van der Waals surface area contributed by atoms with Gasteiger partial charge in [-0.25, -0.2) is 9.78 Å². The number of pyridine rings is 1. The Labute approximate surface area is 132 Å². The van der Waals surface area contributed by atoms with Gasteiger partial charge < -0.3 is 15.8 Å². The van der Waals surface area contributed by atoms with Gasteiger partial charge in [0.25, 0.3) is 0 Å². The van der Waals surface area contributed by atoms with Crippen LogP contribution in [0.3, 0.4) is 0 Å². The Morgan fingerprint density at radius 1 is 1.33 bits per heavy atom. The summed E-state index contributed by atoms with van der Waals surface area (Å²) in [4.78, 5) is 15.6. The fourth-order valence-electron chi connectivity index (χ4n) is 1.61. The SMILES string of the molecule is CCOC(=O)c1ccc(Nc2cc(Cl)c(N)c(Cl)c2)nc1. The maximum Gasteiger partial charge on any atom is 0.339 e. The van der Waals surface area contributed by atoms with Crippen molar-refractivity contribution in [1.82, 2.24) is 4.98 Å². The van der Waals surface area contributed by atoms with E-state index in [1.165, 1.54) is 6.20 Å². The van der Waals surface area contributed by atoms with Gasteiger partial charge in [-0.05, 0) is 31.2 Å². The maximum absolute atomic E-state index is 11.5. The molecule has 0 bridgehead atoms. The van der Waals surface area contributed by atoms with Gasteiger partial charge in [0, 0.05) is 11.9 Å². The minimum Gasteiger partial charge on any atom is -0.462 e. The normalized spacial score (nSPS) is 10.2. The third-order valence-electron chi connectivity index (χ3n) is 2.63. The van der Waals surface area contributed by atoms with Gasteiger partial charge >= 0.3 is 5.97 Å². The van der Waals surface area contributed by atoms with E-state index in [4.69, 9.17) is 33.7 Å². The number of hydrogen-bond donors (Lipinski definition) is 2. The molecular formula is C14H13Cl2N3O2. The zero-order chi connectivity index (χ0) is 15.4. The van der Waals surface area contributed by atoms with Crippen molar-refractivity contribution in [3.63, 3.8) is 0 Å². The van der Waals surface area contributed by atoms with E-state index >= 15 is 0 Å². The number of carbonyl (C=O) groups excluding carboxylic acids is 1. The van der Waals surface area contributed by atoms with Gasteiger partial charge in [0.05, 0.1) is 27.9 Å². The fraction of sp³-hybridized carbons (Fsp3) is 0.143. The molecule has 7 heteroatoms. The number of rotatable bonds is 4. The van der Waals surface area contributed by atoms with Crippen molar-refractivity contribution in [2.75, 3.05) is 17.7 Å². The molecule has 2 rings (SSSR count). The summed E-state index contributed by atoms with van der Waals surface area (Å²) in [6.07, 6.45) is 1.43. The van der Waals surface area contributed by atoms with Crippen molar-refractivity contribution in [3.05, 3.63) is 46.1 Å². The van der Waals surface area contributed by atoms with Gasteiger partial charge in [0.15, 0.2) is 0 Å². The van der Waals surface area contributed by atoms with Crippen LogP contribution in [0, 0.1) is 0 Å². The monoisotopic (exact) mass is 325 g/mol. The lowest BCUT2D eigenvalue weighted by Gasteiger charge is -2.09. The second kappa shape index (κ2) is 6.65. The van der Waals surface area contributed by atoms with Crippen LogP contribution in [0.1, 0.15) is 17.3 Å². The van der Waals surface area contributed by atoms with E-state index in [0.717, 1.165) is 0 Å². The molecular weight excluding hydrogens is 313 g/mol. The molecule has 0 aliphatic carbocycles. The summed E-state index contributed by atoms with van der Waals surface area (Å²) in [6.45, 7) is 2.07. The number of aromatic nitrogens is 1. The van der Waals surface area contributed by atoms with Crippen LogP contribution >= 0.6 is 23.2 Å². The second-order valence-corrected chi connectivity index (χ2v) is 4.95. The Kier molecular flexibility index (Phi) is 4.88. The first-order chi connectivity index (χ1) is 10.0. The molecule has 0 saturated heterocycles. The average molecular weight is 326 g/mol. The number of hydrogen-bond acceptors (Lipinski definition) is 5. The molecule has 0 fully saturated rings. The number of nitrogens with one attached hydrogen (secondary N) is 1. The number of carbonyl (C=O) groups is 1. The van der Waals surface area contributed by atoms with E-state index in [1.807, 2.05) is 0 Å². The maximum atomic E-state index is 11.5. The molecule has 3 N–H and O–H groups in total. The van der Waals surface area contributed by atoms with E-state index in [0.29, 0.717) is 39.4 Å². The predicted octanol–water partition coefficient (Wildman–Crippen LogP) is 3.89. The van der Waals surface area contributed by atoms with Gasteiger partial charge in [-0.2, -0.15) is 0 Å². The Hall–Kier alpha value is -1.98. The molecule has 1 aromatic carbocycles. The van der Waals surface area contributed by atoms with Crippen LogP contribution < -0.4 is 11.1 Å². The summed E-state index contributed by atoms with van der Waals surface area (Å²) in [5, 5.41) is 3.73. The number of halogens is 2. The zero-order valence-corrected chi connectivity index (χ0v) is 12.7. The highest BCUT2D eigenvalue weighted by molar-refractivity contribution is 6.39. The molecule has 0 amide bonds. The molecule has 2 aromatic rings. The Morgan fingerprint density at radius 3 is 2.52 bits per heavy atom. The Morgan fingerprint density at radius 2 is 2.00 bits per heavy atom. The van der Waals surface area contributed by atoms with Crippen LogP contribution in [0.2, 0.25) is 10.0 Å². The molecule has 0 spiro atoms. The van der Waals surface area contributed by atoms with Crippen molar-refractivity contribution in [2.24, 2.45) is 0 Å². The van der Waals surface area contributed by atoms with Crippen LogP contribution in [0.5, 0.6) is 0 Å². The van der Waals surface area contributed by atoms with Crippen LogP contribution in [0.4, 0.5) is 17.2 Å². The largest absolute Gasteiger partial charge is 0.462 e. The smallest absolute Gasteiger partial charge is 0.339 e. The third kappa shape index (κ3) is 3.77. The molecule has 0 atom stereocenters. The number of nitrogen functional groups attached to an aromatic ring is 1. The standard InChI is InChI=1S/C14H13Cl2N3O2/c1-2-21-14(20)8-3-4-12(18-7-8)19-9-5-10(15)13(17)11(16)6-9/h3-7H,2,17H2,1H3,(H,18,19). The molecule has 0 aliphatic heterocycles. The number of nitrogens with two attached hydrogens (primary N) is 1. The Bertz CT molecular complexity index is 637. The fourth-order valence-corrected chi connectivity index (χ4v) is 2.09. The topological polar surface area (TPSA) is 77.2 Å². The van der Waals surface area contributed by atoms with Crippen LogP contribution in [-0.2, 0) is 4.74 Å². The molecule has 0 radical (unpaired) electrons. The van der Waals surface area contributed by atoms with Crippen molar-refractivity contribution in [1.29, 1.82) is 0 Å². The van der Waals surface area contributed by atoms with E-state index in [9.17, 15) is 4.79 Å². The minimum atomic E-state index is -0.407. The van der Waals surface area contributed by atoms with Gasteiger partial charge in [-0.3, -0.25) is 0 Å². The first-order valence-electron chi connectivity index (χ1n) is 6.16. The lowest BCUT2D eigenvalue weighted by molar-refractivity contribution is 0.0526. The van der Waals surface area contributed by atoms with Gasteiger partial charge in [0.1, 0.15) is 5.82 Å². The van der Waals surface area contributed by atoms with Crippen LogP contribution in [0.25, 0.3) is 0 Å². The quantitative estimate of drug-likeness (QED) is 0.658. The van der Waals surface area contributed by atoms with Crippen molar-refractivity contribution >= 4 is 46.4 Å². The van der Waals surface area contributed by atoms with E-state index in [1.54, 1.807) is 31.2 Å². The first kappa shape index (κ1) is 15.4. The third-order valence-corrected chi connectivity index (χ3v) is 3.25. The van der Waals surface area contributed by atoms with Crippen molar-refractivity contribution < 1.29 is 9.53 Å². The number of nitrogens with zero attached hydrogens (tertiary/aromatic N) is 1. The molecule has 5 nitrogen and oxygen atoms in total. The Balaban J connectivity index is 2.15. The zero-order valence-electron chi connectivity index (χ0n) is 11.2. The molecule has 0 aliphatic rings. The summed E-state index contributed by atoms with van der Waals surface area (Å²) in [5.74, 6) is 0.134. The number of benzene rings is 1. The summed E-state index contributed by atoms with van der Waals surface area (Å²) >= 11 is 11.9. The summed E-state index contributed by atoms with van der Waals surface area (Å²) in [6, 6.07) is 6.56. The van der Waals surface area contributed by atoms with Crippen LogP contribution in [-0.4, -0.2) is 17.6 Å². The summed E-state index contributed by atoms with van der Waals surface area (Å²) < 4.78 is 4.88. The number of ether oxygens (including phenoxy) is 1. The first-order valence-corrected chi connectivity index (χ1v) is 6.91. The summed E-state index contributed by atoms with van der Waals surface area (Å²) in [5.41, 5.74) is 7.03. The van der Waals surface area contributed by atoms with E-state index in [2.05, 4.69) is 10.3 Å². The number of esters is 1. The molecule has 110 valence electrons.